The fraction of sp³-hybridized carbons (Fsp3) is 0.250. The van der Waals surface area contributed by atoms with Gasteiger partial charge in [0, 0.05) is 12.7 Å². The summed E-state index contributed by atoms with van der Waals surface area (Å²) in [6.07, 6.45) is 0. The minimum atomic E-state index is -0.373. The number of rotatable bonds is 2. The third-order valence-corrected chi connectivity index (χ3v) is 2.68. The average molecular weight is 234 g/mol. The van der Waals surface area contributed by atoms with Crippen molar-refractivity contribution in [3.05, 3.63) is 28.6 Å². The Morgan fingerprint density at radius 3 is 2.82 bits per heavy atom. The summed E-state index contributed by atoms with van der Waals surface area (Å²) in [5.74, 6) is -0.247. The lowest BCUT2D eigenvalue weighted by molar-refractivity contribution is 0.313. The maximum Gasteiger partial charge on any atom is 0.297 e. The second kappa shape index (κ2) is 4.01. The third-order valence-electron chi connectivity index (χ3n) is 2.68. The van der Waals surface area contributed by atoms with Crippen LogP contribution in [0.5, 0.6) is 11.5 Å². The first-order chi connectivity index (χ1) is 8.07. The minimum Gasteiger partial charge on any atom is -0.504 e. The zero-order chi connectivity index (χ0) is 12.6. The molecule has 1 aromatic heterocycles. The molecule has 2 aromatic rings. The first kappa shape index (κ1) is 11.3. The minimum absolute atomic E-state index is 0.0552. The van der Waals surface area contributed by atoms with Gasteiger partial charge in [-0.1, -0.05) is 6.07 Å². The molecular formula is C12H14N2O3. The van der Waals surface area contributed by atoms with Gasteiger partial charge in [0.15, 0.2) is 5.75 Å². The molecule has 0 radical (unpaired) electrons. The van der Waals surface area contributed by atoms with Crippen LogP contribution in [0.3, 0.4) is 0 Å². The summed E-state index contributed by atoms with van der Waals surface area (Å²) in [6.45, 7) is 2.05. The largest absolute Gasteiger partial charge is 0.504 e. The van der Waals surface area contributed by atoms with Crippen molar-refractivity contribution in [3.8, 4) is 11.5 Å². The number of nitrogens with zero attached hydrogens (tertiary/aromatic N) is 1. The van der Waals surface area contributed by atoms with E-state index in [1.165, 1.54) is 4.57 Å². The number of anilines is 1. The van der Waals surface area contributed by atoms with E-state index in [1.807, 2.05) is 0 Å². The van der Waals surface area contributed by atoms with Crippen LogP contribution in [-0.2, 0) is 7.05 Å². The number of ether oxygens (including phenoxy) is 1. The average Bonchev–Trinajstić information content (AvgIpc) is 2.31. The summed E-state index contributed by atoms with van der Waals surface area (Å²) < 4.78 is 6.59. The van der Waals surface area contributed by atoms with Gasteiger partial charge in [-0.3, -0.25) is 4.79 Å². The first-order valence-electron chi connectivity index (χ1n) is 5.30. The van der Waals surface area contributed by atoms with Crippen LogP contribution in [0.25, 0.3) is 10.9 Å². The Hall–Kier alpha value is -2.17. The van der Waals surface area contributed by atoms with E-state index in [0.29, 0.717) is 23.2 Å². The molecule has 0 saturated carbocycles. The van der Waals surface area contributed by atoms with Gasteiger partial charge in [0.25, 0.3) is 5.56 Å². The van der Waals surface area contributed by atoms with E-state index in [9.17, 15) is 9.90 Å². The van der Waals surface area contributed by atoms with Gasteiger partial charge in [-0.2, -0.15) is 0 Å². The van der Waals surface area contributed by atoms with Gasteiger partial charge in [0.05, 0.1) is 17.5 Å². The highest BCUT2D eigenvalue weighted by Crippen LogP contribution is 2.34. The Balaban J connectivity index is 2.96. The molecular weight excluding hydrogens is 220 g/mol. The van der Waals surface area contributed by atoms with E-state index in [1.54, 1.807) is 32.2 Å². The topological polar surface area (TPSA) is 77.5 Å². The summed E-state index contributed by atoms with van der Waals surface area (Å²) in [5, 5.41) is 10.5. The van der Waals surface area contributed by atoms with Crippen molar-refractivity contribution in [2.24, 2.45) is 7.05 Å². The summed E-state index contributed by atoms with van der Waals surface area (Å²) in [7, 11) is 1.62. The number of pyridine rings is 1. The second-order valence-corrected chi connectivity index (χ2v) is 3.72. The first-order valence-corrected chi connectivity index (χ1v) is 5.30. The Bertz CT molecular complexity index is 632. The monoisotopic (exact) mass is 234 g/mol. The molecule has 5 nitrogen and oxygen atoms in total. The lowest BCUT2D eigenvalue weighted by atomic mass is 10.1. The van der Waals surface area contributed by atoms with Gasteiger partial charge in [0.1, 0.15) is 0 Å². The molecule has 0 atom stereocenters. The van der Waals surface area contributed by atoms with Crippen molar-refractivity contribution in [1.29, 1.82) is 0 Å². The Morgan fingerprint density at radius 2 is 2.18 bits per heavy atom. The Kier molecular flexibility index (Phi) is 2.67. The number of hydrogen-bond donors (Lipinski definition) is 2. The number of nitrogen functional groups attached to an aromatic ring is 1. The maximum absolute atomic E-state index is 11.9. The number of fused-ring (bicyclic) bond motifs is 1. The van der Waals surface area contributed by atoms with Crippen LogP contribution >= 0.6 is 0 Å². The van der Waals surface area contributed by atoms with Crippen LogP contribution in [0.15, 0.2) is 23.0 Å². The van der Waals surface area contributed by atoms with E-state index < -0.39 is 0 Å². The molecule has 0 aliphatic rings. The van der Waals surface area contributed by atoms with E-state index in [2.05, 4.69) is 0 Å². The lowest BCUT2D eigenvalue weighted by Crippen LogP contribution is -2.20. The standard InChI is InChI=1S/C12H14N2O3/c1-3-17-11-10(15)9-7(13)5-4-6-8(9)14(2)12(11)16/h4-6,15H,3,13H2,1-2H3. The normalized spacial score (nSPS) is 10.7. The molecule has 17 heavy (non-hydrogen) atoms. The van der Waals surface area contributed by atoms with Gasteiger partial charge in [-0.05, 0) is 19.1 Å². The van der Waals surface area contributed by atoms with Gasteiger partial charge in [-0.15, -0.1) is 0 Å². The molecule has 1 heterocycles. The summed E-state index contributed by atoms with van der Waals surface area (Å²) >= 11 is 0. The SMILES string of the molecule is CCOc1c(O)c2c(N)cccc2n(C)c1=O. The molecule has 0 spiro atoms. The predicted molar refractivity (Wildman–Crippen MR) is 66.4 cm³/mol. The van der Waals surface area contributed by atoms with Crippen LogP contribution in [-0.4, -0.2) is 16.3 Å². The van der Waals surface area contributed by atoms with E-state index in [4.69, 9.17) is 10.5 Å². The van der Waals surface area contributed by atoms with Crippen LogP contribution in [0.4, 0.5) is 5.69 Å². The van der Waals surface area contributed by atoms with Gasteiger partial charge in [0.2, 0.25) is 5.75 Å². The highest BCUT2D eigenvalue weighted by atomic mass is 16.5. The number of benzene rings is 1. The molecule has 0 unspecified atom stereocenters. The lowest BCUT2D eigenvalue weighted by Gasteiger charge is -2.12. The zero-order valence-electron chi connectivity index (χ0n) is 9.73. The van der Waals surface area contributed by atoms with Crippen molar-refractivity contribution < 1.29 is 9.84 Å². The fourth-order valence-electron chi connectivity index (χ4n) is 1.85. The molecule has 0 fully saturated rings. The summed E-state index contributed by atoms with van der Waals surface area (Å²) in [4.78, 5) is 11.9. The third kappa shape index (κ3) is 1.60. The zero-order valence-corrected chi connectivity index (χ0v) is 9.73. The molecule has 2 rings (SSSR count). The smallest absolute Gasteiger partial charge is 0.297 e. The van der Waals surface area contributed by atoms with Crippen LogP contribution in [0.1, 0.15) is 6.92 Å². The Morgan fingerprint density at radius 1 is 1.47 bits per heavy atom. The molecule has 1 aromatic carbocycles. The summed E-state index contributed by atoms with van der Waals surface area (Å²) in [6, 6.07) is 5.13. The molecule has 0 amide bonds. The maximum atomic E-state index is 11.9. The number of aromatic hydroxyl groups is 1. The highest BCUT2D eigenvalue weighted by molar-refractivity contribution is 5.97. The number of hydrogen-bond acceptors (Lipinski definition) is 4. The van der Waals surface area contributed by atoms with Crippen molar-refractivity contribution in [3.63, 3.8) is 0 Å². The Labute approximate surface area is 98.0 Å². The number of aryl methyl sites for hydroxylation is 1. The molecule has 3 N–H and O–H groups in total. The van der Waals surface area contributed by atoms with Crippen molar-refractivity contribution in [1.82, 2.24) is 4.57 Å². The van der Waals surface area contributed by atoms with Gasteiger partial charge >= 0.3 is 0 Å². The fourth-order valence-corrected chi connectivity index (χ4v) is 1.85. The predicted octanol–water partition coefficient (Wildman–Crippen LogP) is 1.22. The van der Waals surface area contributed by atoms with Gasteiger partial charge in [-0.25, -0.2) is 0 Å². The van der Waals surface area contributed by atoms with Crippen molar-refractivity contribution >= 4 is 16.6 Å². The molecule has 0 saturated heterocycles. The molecule has 5 heteroatoms. The van der Waals surface area contributed by atoms with Crippen LogP contribution in [0, 0.1) is 0 Å². The second-order valence-electron chi connectivity index (χ2n) is 3.72. The van der Waals surface area contributed by atoms with Gasteiger partial charge < -0.3 is 20.1 Å². The molecule has 0 aliphatic carbocycles. The van der Waals surface area contributed by atoms with E-state index >= 15 is 0 Å². The van der Waals surface area contributed by atoms with E-state index in [-0.39, 0.29) is 17.1 Å². The highest BCUT2D eigenvalue weighted by Gasteiger charge is 2.16. The quantitative estimate of drug-likeness (QED) is 0.766. The number of nitrogens with two attached hydrogens (primary N) is 1. The summed E-state index contributed by atoms with van der Waals surface area (Å²) in [5.41, 5.74) is 6.43. The van der Waals surface area contributed by atoms with Crippen molar-refractivity contribution in [2.45, 2.75) is 6.92 Å². The van der Waals surface area contributed by atoms with E-state index in [0.717, 1.165) is 0 Å². The van der Waals surface area contributed by atoms with Crippen LogP contribution in [0.2, 0.25) is 0 Å². The van der Waals surface area contributed by atoms with Crippen molar-refractivity contribution in [2.75, 3.05) is 12.3 Å². The number of aromatic nitrogens is 1. The molecule has 90 valence electrons. The molecule has 0 bridgehead atoms. The van der Waals surface area contributed by atoms with Crippen LogP contribution < -0.4 is 16.0 Å². The molecule has 0 aliphatic heterocycles.